The normalized spacial score (nSPS) is 12.5. The Morgan fingerprint density at radius 1 is 1.25 bits per heavy atom. The van der Waals surface area contributed by atoms with Crippen molar-refractivity contribution in [2.24, 2.45) is 0 Å². The van der Waals surface area contributed by atoms with Crippen LogP contribution in [0.3, 0.4) is 0 Å². The Labute approximate surface area is 123 Å². The number of hydrogen-bond acceptors (Lipinski definition) is 4. The van der Waals surface area contributed by atoms with Crippen LogP contribution in [0.5, 0.6) is 5.75 Å². The first-order valence-electron chi connectivity index (χ1n) is 5.40. The number of aryl methyl sites for hydroxylation is 2. The van der Waals surface area contributed by atoms with Gasteiger partial charge in [-0.3, -0.25) is 0 Å². The number of benzene rings is 1. The molecule has 0 heterocycles. The summed E-state index contributed by atoms with van der Waals surface area (Å²) in [5.41, 5.74) is -3.51. The molecule has 0 aliphatic heterocycles. The van der Waals surface area contributed by atoms with E-state index >= 15 is 0 Å². The van der Waals surface area contributed by atoms with E-state index in [9.17, 15) is 21.6 Å². The van der Waals surface area contributed by atoms with Gasteiger partial charge in [0, 0.05) is 16.4 Å². The van der Waals surface area contributed by atoms with E-state index in [1.807, 2.05) is 0 Å². The number of thioether (sulfide) groups is 1. The molecule has 0 unspecified atom stereocenters. The van der Waals surface area contributed by atoms with E-state index in [-0.39, 0.29) is 29.0 Å². The Hall–Kier alpha value is -0.600. The van der Waals surface area contributed by atoms with E-state index in [1.165, 1.54) is 12.1 Å². The van der Waals surface area contributed by atoms with Crippen molar-refractivity contribution >= 4 is 31.5 Å². The fraction of sp³-hybridized carbons (Fsp3) is 0.455. The van der Waals surface area contributed by atoms with Crippen LogP contribution in [0.1, 0.15) is 11.1 Å². The Morgan fingerprint density at radius 2 is 1.75 bits per heavy atom. The molecule has 0 radical (unpaired) electrons. The van der Waals surface area contributed by atoms with Gasteiger partial charge in [0.2, 0.25) is 0 Å². The summed E-state index contributed by atoms with van der Waals surface area (Å²) in [4.78, 5) is -0.00353. The molecule has 1 aromatic rings. The van der Waals surface area contributed by atoms with E-state index in [2.05, 4.69) is 0 Å². The lowest BCUT2D eigenvalue weighted by molar-refractivity contribution is -0.0329. The molecule has 0 aromatic heterocycles. The van der Waals surface area contributed by atoms with Gasteiger partial charge in [-0.1, -0.05) is 0 Å². The van der Waals surface area contributed by atoms with E-state index < -0.39 is 14.6 Å². The van der Waals surface area contributed by atoms with Gasteiger partial charge in [-0.2, -0.15) is 13.2 Å². The van der Waals surface area contributed by atoms with Gasteiger partial charge in [-0.05, 0) is 48.9 Å². The maximum Gasteiger partial charge on any atom is 0.441 e. The highest BCUT2D eigenvalue weighted by molar-refractivity contribution is 8.13. The molecule has 114 valence electrons. The van der Waals surface area contributed by atoms with Crippen LogP contribution >= 0.6 is 22.4 Å². The lowest BCUT2D eigenvalue weighted by Crippen LogP contribution is -2.08. The van der Waals surface area contributed by atoms with Crippen LogP contribution in [0, 0.1) is 13.8 Å². The van der Waals surface area contributed by atoms with Crippen LogP contribution in [0.15, 0.2) is 17.0 Å². The van der Waals surface area contributed by atoms with Gasteiger partial charge in [0.25, 0.3) is 9.05 Å². The van der Waals surface area contributed by atoms with Crippen molar-refractivity contribution in [3.63, 3.8) is 0 Å². The van der Waals surface area contributed by atoms with Gasteiger partial charge >= 0.3 is 5.51 Å². The monoisotopic (exact) mass is 348 g/mol. The second-order valence-electron chi connectivity index (χ2n) is 3.97. The molecule has 3 nitrogen and oxygen atoms in total. The van der Waals surface area contributed by atoms with E-state index in [1.54, 1.807) is 13.8 Å². The minimum atomic E-state index is -4.29. The second-order valence-corrected chi connectivity index (χ2v) is 7.63. The first-order valence-corrected chi connectivity index (χ1v) is 8.69. The molecule has 1 rings (SSSR count). The van der Waals surface area contributed by atoms with Crippen LogP contribution in [0.2, 0.25) is 0 Å². The topological polar surface area (TPSA) is 43.4 Å². The largest absolute Gasteiger partial charge is 0.493 e. The van der Waals surface area contributed by atoms with Crippen LogP contribution in [-0.2, 0) is 9.05 Å². The molecular formula is C11H12ClF3O3S2. The van der Waals surface area contributed by atoms with Crippen molar-refractivity contribution < 1.29 is 26.3 Å². The summed E-state index contributed by atoms with van der Waals surface area (Å²) in [6.07, 6.45) is 0. The molecule has 0 N–H and O–H groups in total. The van der Waals surface area contributed by atoms with Crippen LogP contribution in [0.25, 0.3) is 0 Å². The number of ether oxygens (including phenoxy) is 1. The summed E-state index contributed by atoms with van der Waals surface area (Å²) in [5, 5.41) is 0. The van der Waals surface area contributed by atoms with E-state index in [0.717, 1.165) is 0 Å². The summed E-state index contributed by atoms with van der Waals surface area (Å²) in [6.45, 7) is 2.95. The lowest BCUT2D eigenvalue weighted by atomic mass is 10.1. The summed E-state index contributed by atoms with van der Waals surface area (Å²) < 4.78 is 63.6. The van der Waals surface area contributed by atoms with Crippen molar-refractivity contribution in [2.45, 2.75) is 24.3 Å². The maximum atomic E-state index is 11.9. The molecule has 0 fully saturated rings. The standard InChI is InChI=1S/C11H12ClF3O3S2/c1-7-5-9(18-3-4-19-11(13,14)15)6-8(2)10(7)20(12,16)17/h5-6H,3-4H2,1-2H3. The number of hydrogen-bond donors (Lipinski definition) is 0. The van der Waals surface area contributed by atoms with Gasteiger partial charge in [-0.15, -0.1) is 0 Å². The van der Waals surface area contributed by atoms with E-state index in [4.69, 9.17) is 15.4 Å². The molecule has 0 amide bonds. The zero-order valence-corrected chi connectivity index (χ0v) is 13.0. The van der Waals surface area contributed by atoms with Crippen molar-refractivity contribution in [1.82, 2.24) is 0 Å². The van der Waals surface area contributed by atoms with Gasteiger partial charge < -0.3 is 4.74 Å². The summed E-state index contributed by atoms with van der Waals surface area (Å²) in [7, 11) is 1.44. The molecule has 20 heavy (non-hydrogen) atoms. The summed E-state index contributed by atoms with van der Waals surface area (Å²) in [6, 6.07) is 2.86. The molecule has 1 aromatic carbocycles. The van der Waals surface area contributed by atoms with Gasteiger partial charge in [0.05, 0.1) is 11.5 Å². The number of halogens is 4. The Morgan fingerprint density at radius 3 is 2.15 bits per heavy atom. The molecule has 0 saturated heterocycles. The van der Waals surface area contributed by atoms with Crippen molar-refractivity contribution in [2.75, 3.05) is 12.4 Å². The maximum absolute atomic E-state index is 11.9. The van der Waals surface area contributed by atoms with Gasteiger partial charge in [-0.25, -0.2) is 8.42 Å². The van der Waals surface area contributed by atoms with Crippen LogP contribution in [0.4, 0.5) is 13.2 Å². The predicted octanol–water partition coefficient (Wildman–Crippen LogP) is 3.86. The third kappa shape index (κ3) is 5.41. The minimum Gasteiger partial charge on any atom is -0.493 e. The van der Waals surface area contributed by atoms with Crippen LogP contribution < -0.4 is 4.74 Å². The zero-order chi connectivity index (χ0) is 15.6. The molecular weight excluding hydrogens is 337 g/mol. The SMILES string of the molecule is Cc1cc(OCCSC(F)(F)F)cc(C)c1S(=O)(=O)Cl. The Kier molecular flexibility index (Phi) is 5.62. The third-order valence-electron chi connectivity index (χ3n) is 2.30. The third-order valence-corrected chi connectivity index (χ3v) is 4.59. The number of rotatable bonds is 5. The highest BCUT2D eigenvalue weighted by Gasteiger charge is 2.27. The van der Waals surface area contributed by atoms with E-state index in [0.29, 0.717) is 16.9 Å². The molecule has 0 bridgehead atoms. The summed E-state index contributed by atoms with van der Waals surface area (Å²) >= 11 is -0.173. The predicted molar refractivity (Wildman–Crippen MR) is 73.0 cm³/mol. The Bertz CT molecular complexity index is 562. The fourth-order valence-corrected chi connectivity index (χ4v) is 3.71. The van der Waals surface area contributed by atoms with Crippen LogP contribution in [-0.4, -0.2) is 26.3 Å². The van der Waals surface area contributed by atoms with Crippen molar-refractivity contribution in [3.05, 3.63) is 23.3 Å². The minimum absolute atomic E-state index is 0.00353. The smallest absolute Gasteiger partial charge is 0.441 e. The van der Waals surface area contributed by atoms with Gasteiger partial charge in [0.1, 0.15) is 5.75 Å². The molecule has 0 aliphatic rings. The zero-order valence-electron chi connectivity index (χ0n) is 10.6. The first-order chi connectivity index (χ1) is 9.00. The molecule has 0 saturated carbocycles. The lowest BCUT2D eigenvalue weighted by Gasteiger charge is -2.12. The highest BCUT2D eigenvalue weighted by atomic mass is 35.7. The molecule has 0 aliphatic carbocycles. The Balaban J connectivity index is 2.76. The second kappa shape index (κ2) is 6.44. The molecule has 0 spiro atoms. The average Bonchev–Trinajstić information content (AvgIpc) is 2.20. The molecule has 0 atom stereocenters. The van der Waals surface area contributed by atoms with Crippen molar-refractivity contribution in [3.8, 4) is 5.75 Å². The fourth-order valence-electron chi connectivity index (χ4n) is 1.70. The highest BCUT2D eigenvalue weighted by Crippen LogP contribution is 2.31. The number of alkyl halides is 3. The quantitative estimate of drug-likeness (QED) is 0.598. The van der Waals surface area contributed by atoms with Crippen molar-refractivity contribution in [1.29, 1.82) is 0 Å². The summed E-state index contributed by atoms with van der Waals surface area (Å²) in [5.74, 6) is 0.0730. The average molecular weight is 349 g/mol. The van der Waals surface area contributed by atoms with Gasteiger partial charge in [0.15, 0.2) is 0 Å². The molecule has 9 heteroatoms. The first kappa shape index (κ1) is 17.5.